The molecule has 0 saturated heterocycles. The summed E-state index contributed by atoms with van der Waals surface area (Å²) in [5.41, 5.74) is 1.19. The molecule has 0 unspecified atom stereocenters. The van der Waals surface area contributed by atoms with Gasteiger partial charge in [-0.05, 0) is 18.6 Å². The van der Waals surface area contributed by atoms with Crippen molar-refractivity contribution in [3.8, 4) is 5.75 Å². The first kappa shape index (κ1) is 12.9. The molecule has 2 nitrogen and oxygen atoms in total. The highest BCUT2D eigenvalue weighted by Crippen LogP contribution is 2.19. The second kappa shape index (κ2) is 7.15. The number of nitrogens with zero attached hydrogens (tertiary/aromatic N) is 1. The Balaban J connectivity index is 2.33. The summed E-state index contributed by atoms with van der Waals surface area (Å²) in [4.78, 5) is 2.09. The molecule has 0 heterocycles. The maximum absolute atomic E-state index is 5.72. The van der Waals surface area contributed by atoms with E-state index >= 15 is 0 Å². The summed E-state index contributed by atoms with van der Waals surface area (Å²) in [7, 11) is 4.08. The zero-order valence-electron chi connectivity index (χ0n) is 10.7. The van der Waals surface area contributed by atoms with Crippen molar-refractivity contribution >= 4 is 5.69 Å². The quantitative estimate of drug-likeness (QED) is 0.651. The SMILES string of the molecule is CCCCCCOc1cccc(N(C)C)c1. The first-order chi connectivity index (χ1) is 7.74. The molecule has 0 aliphatic carbocycles. The van der Waals surface area contributed by atoms with Crippen LogP contribution in [-0.2, 0) is 0 Å². The lowest BCUT2D eigenvalue weighted by atomic mass is 10.2. The summed E-state index contributed by atoms with van der Waals surface area (Å²) in [6.07, 6.45) is 5.00. The van der Waals surface area contributed by atoms with Gasteiger partial charge in [0.1, 0.15) is 5.75 Å². The fraction of sp³-hybridized carbons (Fsp3) is 0.571. The molecule has 1 aromatic rings. The Hall–Kier alpha value is -1.18. The van der Waals surface area contributed by atoms with Crippen molar-refractivity contribution in [1.29, 1.82) is 0 Å². The third-order valence-corrected chi connectivity index (χ3v) is 2.60. The number of anilines is 1. The summed E-state index contributed by atoms with van der Waals surface area (Å²) in [6.45, 7) is 3.05. The second-order valence-electron chi connectivity index (χ2n) is 4.30. The van der Waals surface area contributed by atoms with Crippen molar-refractivity contribution in [3.63, 3.8) is 0 Å². The van der Waals surface area contributed by atoms with Crippen molar-refractivity contribution in [3.05, 3.63) is 24.3 Å². The first-order valence-corrected chi connectivity index (χ1v) is 6.14. The van der Waals surface area contributed by atoms with Gasteiger partial charge in [0, 0.05) is 25.8 Å². The van der Waals surface area contributed by atoms with Gasteiger partial charge < -0.3 is 9.64 Å². The van der Waals surface area contributed by atoms with Crippen molar-refractivity contribution in [2.24, 2.45) is 0 Å². The van der Waals surface area contributed by atoms with E-state index in [1.807, 2.05) is 26.2 Å². The molecule has 0 radical (unpaired) electrons. The van der Waals surface area contributed by atoms with E-state index < -0.39 is 0 Å². The molecular weight excluding hydrogens is 198 g/mol. The fourth-order valence-corrected chi connectivity index (χ4v) is 1.57. The molecule has 0 saturated carbocycles. The number of hydrogen-bond donors (Lipinski definition) is 0. The molecule has 0 spiro atoms. The average Bonchev–Trinajstić information content (AvgIpc) is 2.29. The molecule has 2 heteroatoms. The maximum atomic E-state index is 5.72. The lowest BCUT2D eigenvalue weighted by Crippen LogP contribution is -2.08. The van der Waals surface area contributed by atoms with Crippen LogP contribution in [0.5, 0.6) is 5.75 Å². The highest BCUT2D eigenvalue weighted by molar-refractivity contribution is 5.49. The van der Waals surface area contributed by atoms with Crippen LogP contribution in [0.25, 0.3) is 0 Å². The lowest BCUT2D eigenvalue weighted by Gasteiger charge is -2.14. The predicted octanol–water partition coefficient (Wildman–Crippen LogP) is 3.71. The molecule has 0 N–H and O–H groups in total. The Labute approximate surface area is 99.2 Å². The summed E-state index contributed by atoms with van der Waals surface area (Å²) in [5.74, 6) is 0.975. The summed E-state index contributed by atoms with van der Waals surface area (Å²) in [5, 5.41) is 0. The Morgan fingerprint density at radius 1 is 1.12 bits per heavy atom. The Morgan fingerprint density at radius 3 is 2.62 bits per heavy atom. The lowest BCUT2D eigenvalue weighted by molar-refractivity contribution is 0.305. The van der Waals surface area contributed by atoms with E-state index in [0.717, 1.165) is 18.8 Å². The van der Waals surface area contributed by atoms with E-state index in [1.165, 1.54) is 24.9 Å². The minimum Gasteiger partial charge on any atom is -0.494 e. The van der Waals surface area contributed by atoms with Crippen molar-refractivity contribution < 1.29 is 4.74 Å². The smallest absolute Gasteiger partial charge is 0.121 e. The standard InChI is InChI=1S/C14H23NO/c1-4-5-6-7-11-16-14-10-8-9-13(12-14)15(2)3/h8-10,12H,4-7,11H2,1-3H3. The van der Waals surface area contributed by atoms with Crippen LogP contribution in [0.4, 0.5) is 5.69 Å². The first-order valence-electron chi connectivity index (χ1n) is 6.14. The third kappa shape index (κ3) is 4.56. The Bertz CT molecular complexity index is 297. The summed E-state index contributed by atoms with van der Waals surface area (Å²) >= 11 is 0. The molecule has 0 amide bonds. The number of unbranched alkanes of at least 4 members (excludes halogenated alkanes) is 3. The maximum Gasteiger partial charge on any atom is 0.121 e. The van der Waals surface area contributed by atoms with Gasteiger partial charge >= 0.3 is 0 Å². The molecule has 0 aromatic heterocycles. The summed E-state index contributed by atoms with van der Waals surface area (Å²) in [6, 6.07) is 8.23. The van der Waals surface area contributed by atoms with Crippen molar-refractivity contribution in [1.82, 2.24) is 0 Å². The molecule has 90 valence electrons. The zero-order chi connectivity index (χ0) is 11.8. The van der Waals surface area contributed by atoms with Crippen LogP contribution in [0.3, 0.4) is 0 Å². The number of hydrogen-bond acceptors (Lipinski definition) is 2. The van der Waals surface area contributed by atoms with E-state index in [4.69, 9.17) is 4.74 Å². The van der Waals surface area contributed by atoms with Crippen LogP contribution in [0.15, 0.2) is 24.3 Å². The van der Waals surface area contributed by atoms with Crippen molar-refractivity contribution in [2.75, 3.05) is 25.6 Å². The highest BCUT2D eigenvalue weighted by Gasteiger charge is 1.98. The van der Waals surface area contributed by atoms with Gasteiger partial charge in [-0.3, -0.25) is 0 Å². The normalized spacial score (nSPS) is 10.2. The van der Waals surface area contributed by atoms with Crippen LogP contribution in [0.1, 0.15) is 32.6 Å². The zero-order valence-corrected chi connectivity index (χ0v) is 10.7. The molecule has 1 aromatic carbocycles. The van der Waals surface area contributed by atoms with Gasteiger partial charge in [-0.2, -0.15) is 0 Å². The number of benzene rings is 1. The van der Waals surface area contributed by atoms with Gasteiger partial charge in [0.2, 0.25) is 0 Å². The van der Waals surface area contributed by atoms with Gasteiger partial charge in [-0.1, -0.05) is 32.3 Å². The van der Waals surface area contributed by atoms with Crippen LogP contribution in [0, 0.1) is 0 Å². The van der Waals surface area contributed by atoms with E-state index in [1.54, 1.807) is 0 Å². The van der Waals surface area contributed by atoms with E-state index in [0.29, 0.717) is 0 Å². The van der Waals surface area contributed by atoms with Gasteiger partial charge in [-0.25, -0.2) is 0 Å². The molecule has 0 atom stereocenters. The highest BCUT2D eigenvalue weighted by atomic mass is 16.5. The van der Waals surface area contributed by atoms with Crippen LogP contribution in [-0.4, -0.2) is 20.7 Å². The Kier molecular flexibility index (Phi) is 5.76. The van der Waals surface area contributed by atoms with E-state index in [-0.39, 0.29) is 0 Å². The molecular formula is C14H23NO. The van der Waals surface area contributed by atoms with Gasteiger partial charge in [0.15, 0.2) is 0 Å². The number of ether oxygens (including phenoxy) is 1. The van der Waals surface area contributed by atoms with E-state index in [2.05, 4.69) is 24.0 Å². The monoisotopic (exact) mass is 221 g/mol. The molecule has 0 bridgehead atoms. The molecule has 16 heavy (non-hydrogen) atoms. The minimum absolute atomic E-state index is 0.830. The minimum atomic E-state index is 0.830. The van der Waals surface area contributed by atoms with Crippen molar-refractivity contribution in [2.45, 2.75) is 32.6 Å². The molecule has 1 rings (SSSR count). The van der Waals surface area contributed by atoms with Crippen LogP contribution in [0.2, 0.25) is 0 Å². The molecule has 0 aliphatic rings. The Morgan fingerprint density at radius 2 is 1.94 bits per heavy atom. The van der Waals surface area contributed by atoms with Gasteiger partial charge in [0.05, 0.1) is 6.61 Å². The average molecular weight is 221 g/mol. The fourth-order valence-electron chi connectivity index (χ4n) is 1.57. The van der Waals surface area contributed by atoms with Crippen LogP contribution < -0.4 is 9.64 Å². The summed E-state index contributed by atoms with van der Waals surface area (Å²) < 4.78 is 5.72. The molecule has 0 fully saturated rings. The number of rotatable bonds is 7. The topological polar surface area (TPSA) is 12.5 Å². The molecule has 0 aliphatic heterocycles. The third-order valence-electron chi connectivity index (χ3n) is 2.60. The predicted molar refractivity (Wildman–Crippen MR) is 70.4 cm³/mol. The van der Waals surface area contributed by atoms with Gasteiger partial charge in [-0.15, -0.1) is 0 Å². The van der Waals surface area contributed by atoms with Gasteiger partial charge in [0.25, 0.3) is 0 Å². The second-order valence-corrected chi connectivity index (χ2v) is 4.30. The van der Waals surface area contributed by atoms with Crippen LogP contribution >= 0.6 is 0 Å². The van der Waals surface area contributed by atoms with E-state index in [9.17, 15) is 0 Å². The largest absolute Gasteiger partial charge is 0.494 e.